The molecule has 0 saturated carbocycles. The molecule has 9 heteroatoms. The second-order valence-electron chi connectivity index (χ2n) is 7.97. The molecule has 1 fully saturated rings. The third-order valence-electron chi connectivity index (χ3n) is 5.52. The van der Waals surface area contributed by atoms with Crippen molar-refractivity contribution >= 4 is 46.4 Å². The van der Waals surface area contributed by atoms with Crippen molar-refractivity contribution in [3.8, 4) is 11.3 Å². The number of aromatic nitrogens is 2. The summed E-state index contributed by atoms with van der Waals surface area (Å²) in [4.78, 5) is 14.1. The number of hydrogen-bond acceptors (Lipinski definition) is 5. The van der Waals surface area contributed by atoms with E-state index in [4.69, 9.17) is 50.1 Å². The first-order chi connectivity index (χ1) is 15.3. The second kappa shape index (κ2) is 11.0. The van der Waals surface area contributed by atoms with Gasteiger partial charge in [0.2, 0.25) is 0 Å². The fraction of sp³-hybridized carbons (Fsp3) is 0.522. The van der Waals surface area contributed by atoms with Gasteiger partial charge in [-0.25, -0.2) is 9.97 Å². The molecule has 1 aromatic heterocycles. The zero-order valence-corrected chi connectivity index (χ0v) is 21.6. The van der Waals surface area contributed by atoms with E-state index in [1.807, 2.05) is 38.1 Å². The molecule has 32 heavy (non-hydrogen) atoms. The van der Waals surface area contributed by atoms with Crippen molar-refractivity contribution in [1.29, 1.82) is 0 Å². The molecule has 0 spiro atoms. The SMILES string of the molecule is CCOC1CN(C(=S)N(C)C)CC1Nc1nc(CC)c(-c2ccc(Cl)cc2Cl)nc1CC. The van der Waals surface area contributed by atoms with Crippen molar-refractivity contribution in [2.45, 2.75) is 45.8 Å². The van der Waals surface area contributed by atoms with Crippen LogP contribution in [0.4, 0.5) is 5.82 Å². The third-order valence-corrected chi connectivity index (χ3v) is 6.69. The molecule has 0 radical (unpaired) electrons. The summed E-state index contributed by atoms with van der Waals surface area (Å²) in [5.41, 5.74) is 3.43. The van der Waals surface area contributed by atoms with Crippen LogP contribution < -0.4 is 5.32 Å². The first-order valence-electron chi connectivity index (χ1n) is 11.0. The Labute approximate surface area is 206 Å². The number of likely N-dealkylation sites (tertiary alicyclic amines) is 1. The summed E-state index contributed by atoms with van der Waals surface area (Å²) in [6, 6.07) is 5.53. The highest BCUT2D eigenvalue weighted by Gasteiger charge is 2.36. The van der Waals surface area contributed by atoms with Crippen LogP contribution in [0.1, 0.15) is 32.2 Å². The number of rotatable bonds is 7. The van der Waals surface area contributed by atoms with E-state index in [0.717, 1.165) is 59.5 Å². The number of hydrogen-bond donors (Lipinski definition) is 1. The van der Waals surface area contributed by atoms with Gasteiger partial charge in [0, 0.05) is 44.4 Å². The van der Waals surface area contributed by atoms with E-state index in [1.54, 1.807) is 6.07 Å². The number of aryl methyl sites for hydroxylation is 2. The van der Waals surface area contributed by atoms with E-state index in [2.05, 4.69) is 24.1 Å². The molecule has 3 rings (SSSR count). The van der Waals surface area contributed by atoms with Crippen LogP contribution in [-0.2, 0) is 17.6 Å². The number of nitrogens with zero attached hydrogens (tertiary/aromatic N) is 4. The molecule has 1 aliphatic heterocycles. The first kappa shape index (κ1) is 25.0. The second-order valence-corrected chi connectivity index (χ2v) is 9.18. The summed E-state index contributed by atoms with van der Waals surface area (Å²) in [6.07, 6.45) is 1.49. The topological polar surface area (TPSA) is 53.5 Å². The Bertz CT molecular complexity index is 972. The highest BCUT2D eigenvalue weighted by Crippen LogP contribution is 2.33. The van der Waals surface area contributed by atoms with Gasteiger partial charge in [-0.1, -0.05) is 37.0 Å². The number of nitrogens with one attached hydrogen (secondary N) is 1. The molecule has 6 nitrogen and oxygen atoms in total. The molecule has 2 unspecified atom stereocenters. The van der Waals surface area contributed by atoms with Crippen molar-refractivity contribution in [3.63, 3.8) is 0 Å². The van der Waals surface area contributed by atoms with Crippen LogP contribution in [0, 0.1) is 0 Å². The minimum atomic E-state index is 0.0138. The fourth-order valence-corrected chi connectivity index (χ4v) is 4.57. The standard InChI is InChI=1S/C23H31Cl2N5OS/c1-6-17-21(15-10-9-14(24)11-16(15)25)26-18(7-2)22(27-17)28-19-12-30(23(32)29(4)5)13-20(19)31-8-3/h9-11,19-20H,6-8,12-13H2,1-5H3,(H,27,28). The Kier molecular flexibility index (Phi) is 8.55. The van der Waals surface area contributed by atoms with Crippen LogP contribution in [0.3, 0.4) is 0 Å². The van der Waals surface area contributed by atoms with Crippen LogP contribution in [0.25, 0.3) is 11.3 Å². The van der Waals surface area contributed by atoms with Gasteiger partial charge < -0.3 is 19.9 Å². The van der Waals surface area contributed by atoms with Gasteiger partial charge in [-0.15, -0.1) is 0 Å². The van der Waals surface area contributed by atoms with Crippen LogP contribution in [0.2, 0.25) is 10.0 Å². The van der Waals surface area contributed by atoms with E-state index in [0.29, 0.717) is 16.7 Å². The van der Waals surface area contributed by atoms with E-state index < -0.39 is 0 Å². The molecule has 1 saturated heterocycles. The van der Waals surface area contributed by atoms with Crippen LogP contribution in [0.15, 0.2) is 18.2 Å². The number of halogens is 2. The van der Waals surface area contributed by atoms with Gasteiger partial charge in [-0.05, 0) is 50.2 Å². The number of ether oxygens (including phenoxy) is 1. The molecule has 2 atom stereocenters. The Morgan fingerprint density at radius 3 is 2.47 bits per heavy atom. The molecule has 1 N–H and O–H groups in total. The van der Waals surface area contributed by atoms with E-state index in [-0.39, 0.29) is 12.1 Å². The van der Waals surface area contributed by atoms with Crippen molar-refractivity contribution < 1.29 is 4.74 Å². The van der Waals surface area contributed by atoms with Gasteiger partial charge in [0.25, 0.3) is 0 Å². The van der Waals surface area contributed by atoms with Gasteiger partial charge in [-0.3, -0.25) is 0 Å². The molecular formula is C23H31Cl2N5OS. The highest BCUT2D eigenvalue weighted by molar-refractivity contribution is 7.80. The number of anilines is 1. The van der Waals surface area contributed by atoms with Crippen LogP contribution in [-0.4, -0.2) is 70.8 Å². The predicted molar refractivity (Wildman–Crippen MR) is 137 cm³/mol. The maximum absolute atomic E-state index is 6.48. The van der Waals surface area contributed by atoms with Crippen molar-refractivity contribution in [2.75, 3.05) is 39.1 Å². The fourth-order valence-electron chi connectivity index (χ4n) is 3.92. The third kappa shape index (κ3) is 5.45. The number of thiocarbonyl (C=S) groups is 1. The summed E-state index contributed by atoms with van der Waals surface area (Å²) in [5, 5.41) is 5.60. The van der Waals surface area contributed by atoms with Crippen molar-refractivity contribution in [3.05, 3.63) is 39.6 Å². The molecular weight excluding hydrogens is 465 g/mol. The Balaban J connectivity index is 1.94. The maximum Gasteiger partial charge on any atom is 0.171 e. The summed E-state index contributed by atoms with van der Waals surface area (Å²) < 4.78 is 6.04. The predicted octanol–water partition coefficient (Wildman–Crippen LogP) is 4.92. The molecule has 0 bridgehead atoms. The molecule has 2 heterocycles. The zero-order chi connectivity index (χ0) is 23.4. The minimum Gasteiger partial charge on any atom is -0.374 e. The zero-order valence-electron chi connectivity index (χ0n) is 19.3. The molecule has 0 aliphatic carbocycles. The molecule has 174 valence electrons. The summed E-state index contributed by atoms with van der Waals surface area (Å²) in [7, 11) is 3.93. The monoisotopic (exact) mass is 495 g/mol. The van der Waals surface area contributed by atoms with Gasteiger partial charge >= 0.3 is 0 Å². The lowest BCUT2D eigenvalue weighted by molar-refractivity contribution is 0.0669. The number of benzene rings is 1. The smallest absolute Gasteiger partial charge is 0.171 e. The van der Waals surface area contributed by atoms with Crippen molar-refractivity contribution in [2.24, 2.45) is 0 Å². The normalized spacial score (nSPS) is 18.2. The molecule has 0 amide bonds. The van der Waals surface area contributed by atoms with Gasteiger partial charge in [0.1, 0.15) is 5.82 Å². The van der Waals surface area contributed by atoms with Crippen molar-refractivity contribution in [1.82, 2.24) is 19.8 Å². The van der Waals surface area contributed by atoms with Crippen LogP contribution in [0.5, 0.6) is 0 Å². The van der Waals surface area contributed by atoms with Crippen LogP contribution >= 0.6 is 35.4 Å². The summed E-state index contributed by atoms with van der Waals surface area (Å²) >= 11 is 18.2. The average molecular weight is 497 g/mol. The lowest BCUT2D eigenvalue weighted by atomic mass is 10.1. The minimum absolute atomic E-state index is 0.0138. The van der Waals surface area contributed by atoms with E-state index in [1.165, 1.54) is 0 Å². The molecule has 2 aromatic rings. The maximum atomic E-state index is 6.48. The average Bonchev–Trinajstić information content (AvgIpc) is 3.15. The summed E-state index contributed by atoms with van der Waals surface area (Å²) in [5.74, 6) is 0.797. The van der Waals surface area contributed by atoms with Gasteiger partial charge in [0.05, 0.1) is 34.3 Å². The van der Waals surface area contributed by atoms with Gasteiger partial charge in [0.15, 0.2) is 5.11 Å². The van der Waals surface area contributed by atoms with Gasteiger partial charge in [-0.2, -0.15) is 0 Å². The Morgan fingerprint density at radius 2 is 1.88 bits per heavy atom. The summed E-state index contributed by atoms with van der Waals surface area (Å²) in [6.45, 7) is 8.31. The largest absolute Gasteiger partial charge is 0.374 e. The quantitative estimate of drug-likeness (QED) is 0.546. The highest BCUT2D eigenvalue weighted by atomic mass is 35.5. The molecule has 1 aromatic carbocycles. The van der Waals surface area contributed by atoms with E-state index in [9.17, 15) is 0 Å². The lowest BCUT2D eigenvalue weighted by Gasteiger charge is -2.24. The lowest BCUT2D eigenvalue weighted by Crippen LogP contribution is -2.38. The first-order valence-corrected chi connectivity index (χ1v) is 12.1. The Hall–Kier alpha value is -1.67. The molecule has 1 aliphatic rings. The Morgan fingerprint density at radius 1 is 1.16 bits per heavy atom. The van der Waals surface area contributed by atoms with E-state index >= 15 is 0 Å².